The number of nitrogens with zero attached hydrogens (tertiary/aromatic N) is 1. The average Bonchev–Trinajstić information content (AvgIpc) is 3.02. The number of ether oxygens (including phenoxy) is 2. The second-order valence-electron chi connectivity index (χ2n) is 9.77. The summed E-state index contributed by atoms with van der Waals surface area (Å²) >= 11 is 0. The highest BCUT2D eigenvalue weighted by Crippen LogP contribution is 2.20. The first-order valence-corrected chi connectivity index (χ1v) is 13.7. The van der Waals surface area contributed by atoms with Crippen LogP contribution in [0.15, 0.2) is 115 Å². The van der Waals surface area contributed by atoms with E-state index in [0.29, 0.717) is 19.6 Å². The van der Waals surface area contributed by atoms with Crippen LogP contribution in [0.5, 0.6) is 0 Å². The molecular weight excluding hydrogens is 534 g/mol. The molecule has 0 aromatic heterocycles. The molecule has 4 aromatic carbocycles. The van der Waals surface area contributed by atoms with E-state index in [1.165, 1.54) is 12.1 Å². The molecule has 218 valence electrons. The number of carbonyl (C=O) groups is 2. The second kappa shape index (κ2) is 17.1. The van der Waals surface area contributed by atoms with Gasteiger partial charge in [0.05, 0.1) is 29.1 Å². The normalized spacial score (nSPS) is 11.8. The summed E-state index contributed by atoms with van der Waals surface area (Å²) in [7, 11) is 0. The Morgan fingerprint density at radius 2 is 1.24 bits per heavy atom. The van der Waals surface area contributed by atoms with E-state index in [2.05, 4.69) is 31.2 Å². The summed E-state index contributed by atoms with van der Waals surface area (Å²) in [5.41, 5.74) is 3.24. The van der Waals surface area contributed by atoms with Crippen LogP contribution in [0.3, 0.4) is 0 Å². The zero-order valence-corrected chi connectivity index (χ0v) is 23.5. The molecule has 4 aromatic rings. The number of nitro groups is 1. The van der Waals surface area contributed by atoms with Crippen molar-refractivity contribution in [3.63, 3.8) is 0 Å². The summed E-state index contributed by atoms with van der Waals surface area (Å²) in [6, 6.07) is 34.8. The minimum Gasteiger partial charge on any atom is -0.478 e. The Bertz CT molecular complexity index is 1350. The Hall–Kier alpha value is -4.82. The SMILES string of the molecule is CC(CCC(Cc1ccccc1)C(=O)OCc1ccccc1)OCc1ccccc1.O=C(O)c1ccc([N+](=O)[O-])cc1. The second-order valence-corrected chi connectivity index (χ2v) is 9.77. The zero-order chi connectivity index (χ0) is 30.2. The van der Waals surface area contributed by atoms with Gasteiger partial charge in [-0.1, -0.05) is 91.0 Å². The highest BCUT2D eigenvalue weighted by Gasteiger charge is 2.22. The van der Waals surface area contributed by atoms with Crippen LogP contribution >= 0.6 is 0 Å². The average molecular weight is 570 g/mol. The van der Waals surface area contributed by atoms with Crippen molar-refractivity contribution in [3.8, 4) is 0 Å². The van der Waals surface area contributed by atoms with Crippen LogP contribution in [0.25, 0.3) is 0 Å². The van der Waals surface area contributed by atoms with Crippen LogP contribution in [0.1, 0.15) is 46.8 Å². The van der Waals surface area contributed by atoms with E-state index in [9.17, 15) is 19.7 Å². The highest BCUT2D eigenvalue weighted by molar-refractivity contribution is 5.87. The molecule has 0 spiro atoms. The summed E-state index contributed by atoms with van der Waals surface area (Å²) in [6.45, 7) is 2.96. The van der Waals surface area contributed by atoms with Gasteiger partial charge in [0, 0.05) is 12.1 Å². The van der Waals surface area contributed by atoms with E-state index in [-0.39, 0.29) is 29.2 Å². The van der Waals surface area contributed by atoms with Crippen LogP contribution in [-0.4, -0.2) is 28.1 Å². The number of carbonyl (C=O) groups excluding carboxylic acids is 1. The monoisotopic (exact) mass is 569 g/mol. The molecular formula is C34H35NO7. The molecule has 2 unspecified atom stereocenters. The quantitative estimate of drug-likeness (QED) is 0.102. The Morgan fingerprint density at radius 1 is 0.738 bits per heavy atom. The van der Waals surface area contributed by atoms with Gasteiger partial charge in [0.1, 0.15) is 6.61 Å². The summed E-state index contributed by atoms with van der Waals surface area (Å²) in [5, 5.41) is 18.6. The van der Waals surface area contributed by atoms with E-state index >= 15 is 0 Å². The molecule has 0 aliphatic heterocycles. The Kier molecular flexibility index (Phi) is 12.9. The van der Waals surface area contributed by atoms with Crippen molar-refractivity contribution in [1.82, 2.24) is 0 Å². The van der Waals surface area contributed by atoms with Crippen molar-refractivity contribution in [3.05, 3.63) is 148 Å². The topological polar surface area (TPSA) is 116 Å². The number of benzene rings is 4. The van der Waals surface area contributed by atoms with E-state index in [1.807, 2.05) is 66.7 Å². The fraction of sp³-hybridized carbons (Fsp3) is 0.235. The van der Waals surface area contributed by atoms with Crippen molar-refractivity contribution in [2.24, 2.45) is 5.92 Å². The first-order valence-electron chi connectivity index (χ1n) is 13.7. The Balaban J connectivity index is 0.000000337. The van der Waals surface area contributed by atoms with Crippen molar-refractivity contribution < 1.29 is 29.1 Å². The molecule has 0 saturated heterocycles. The lowest BCUT2D eigenvalue weighted by molar-refractivity contribution is -0.384. The minimum absolute atomic E-state index is 0.0422. The van der Waals surface area contributed by atoms with Gasteiger partial charge in [0.15, 0.2) is 0 Å². The van der Waals surface area contributed by atoms with Crippen molar-refractivity contribution in [2.75, 3.05) is 0 Å². The molecule has 8 nitrogen and oxygen atoms in total. The van der Waals surface area contributed by atoms with E-state index in [1.54, 1.807) is 0 Å². The van der Waals surface area contributed by atoms with Gasteiger partial charge in [-0.25, -0.2) is 4.79 Å². The van der Waals surface area contributed by atoms with Gasteiger partial charge >= 0.3 is 11.9 Å². The zero-order valence-electron chi connectivity index (χ0n) is 23.5. The molecule has 0 radical (unpaired) electrons. The number of esters is 1. The lowest BCUT2D eigenvalue weighted by Crippen LogP contribution is -2.22. The third-order valence-corrected chi connectivity index (χ3v) is 6.51. The summed E-state index contributed by atoms with van der Waals surface area (Å²) in [5.74, 6) is -1.42. The number of non-ortho nitro benzene ring substituents is 1. The summed E-state index contributed by atoms with van der Waals surface area (Å²) < 4.78 is 11.6. The lowest BCUT2D eigenvalue weighted by atomic mass is 9.93. The van der Waals surface area contributed by atoms with Gasteiger partial charge in [-0.3, -0.25) is 14.9 Å². The first kappa shape index (κ1) is 31.7. The fourth-order valence-corrected chi connectivity index (χ4v) is 4.11. The molecule has 2 atom stereocenters. The molecule has 0 amide bonds. The molecule has 0 saturated carbocycles. The number of carboxylic acid groups (broad SMARTS) is 1. The Labute approximate surface area is 245 Å². The van der Waals surface area contributed by atoms with E-state index < -0.39 is 10.9 Å². The van der Waals surface area contributed by atoms with Crippen molar-refractivity contribution >= 4 is 17.6 Å². The predicted octanol–water partition coefficient (Wildman–Crippen LogP) is 7.27. The molecule has 42 heavy (non-hydrogen) atoms. The maximum Gasteiger partial charge on any atom is 0.335 e. The lowest BCUT2D eigenvalue weighted by Gasteiger charge is -2.19. The molecule has 0 bridgehead atoms. The molecule has 0 fully saturated rings. The molecule has 4 rings (SSSR count). The van der Waals surface area contributed by atoms with Crippen LogP contribution in [0.2, 0.25) is 0 Å². The number of rotatable bonds is 13. The Morgan fingerprint density at radius 3 is 1.74 bits per heavy atom. The molecule has 1 N–H and O–H groups in total. The third-order valence-electron chi connectivity index (χ3n) is 6.51. The molecule has 0 aliphatic carbocycles. The number of hydrogen-bond acceptors (Lipinski definition) is 6. The van der Waals surface area contributed by atoms with E-state index in [0.717, 1.165) is 41.7 Å². The van der Waals surface area contributed by atoms with Crippen LogP contribution < -0.4 is 0 Å². The van der Waals surface area contributed by atoms with Gasteiger partial charge in [-0.05, 0) is 55.0 Å². The van der Waals surface area contributed by atoms with Gasteiger partial charge in [-0.15, -0.1) is 0 Å². The maximum atomic E-state index is 12.8. The fourth-order valence-electron chi connectivity index (χ4n) is 4.11. The number of hydrogen-bond donors (Lipinski definition) is 1. The van der Waals surface area contributed by atoms with Gasteiger partial charge in [0.2, 0.25) is 0 Å². The predicted molar refractivity (Wildman–Crippen MR) is 160 cm³/mol. The van der Waals surface area contributed by atoms with Crippen LogP contribution in [0.4, 0.5) is 5.69 Å². The van der Waals surface area contributed by atoms with Crippen molar-refractivity contribution in [1.29, 1.82) is 0 Å². The van der Waals surface area contributed by atoms with Gasteiger partial charge in [0.25, 0.3) is 5.69 Å². The maximum absolute atomic E-state index is 12.8. The van der Waals surface area contributed by atoms with Gasteiger partial charge < -0.3 is 14.6 Å². The molecule has 0 aliphatic rings. The van der Waals surface area contributed by atoms with Crippen LogP contribution in [-0.2, 0) is 33.9 Å². The standard InChI is InChI=1S/C27H30O3.C7H5NO4/c1-22(29-20-24-13-7-3-8-14-24)17-18-26(19-23-11-5-2-6-12-23)27(28)30-21-25-15-9-4-10-16-25;9-7(10)5-1-3-6(4-2-5)8(11)12/h2-16,22,26H,17-21H2,1H3;1-4H,(H,9,10). The highest BCUT2D eigenvalue weighted by atomic mass is 16.6. The largest absolute Gasteiger partial charge is 0.478 e. The summed E-state index contributed by atoms with van der Waals surface area (Å²) in [4.78, 5) is 32.7. The van der Waals surface area contributed by atoms with E-state index in [4.69, 9.17) is 14.6 Å². The first-order chi connectivity index (χ1) is 20.3. The van der Waals surface area contributed by atoms with Crippen LogP contribution in [0, 0.1) is 16.0 Å². The number of nitro benzene ring substituents is 1. The number of carboxylic acids is 1. The minimum atomic E-state index is -1.09. The third kappa shape index (κ3) is 11.3. The smallest absolute Gasteiger partial charge is 0.335 e. The molecule has 0 heterocycles. The molecule has 8 heteroatoms. The van der Waals surface area contributed by atoms with Gasteiger partial charge in [-0.2, -0.15) is 0 Å². The summed E-state index contributed by atoms with van der Waals surface area (Å²) in [6.07, 6.45) is 2.30. The number of aromatic carboxylic acids is 1. The van der Waals surface area contributed by atoms with Crippen molar-refractivity contribution in [2.45, 2.75) is 45.5 Å².